The number of nitrogens with zero attached hydrogens (tertiary/aromatic N) is 2. The molecule has 0 aliphatic carbocycles. The van der Waals surface area contributed by atoms with E-state index in [1.165, 1.54) is 6.20 Å². The maximum atomic E-state index is 12.3. The van der Waals surface area contributed by atoms with Crippen LogP contribution in [0.1, 0.15) is 23.3 Å². The Labute approximate surface area is 140 Å². The van der Waals surface area contributed by atoms with E-state index < -0.39 is 5.91 Å². The van der Waals surface area contributed by atoms with Gasteiger partial charge < -0.3 is 21.3 Å². The SMILES string of the molecule is NCCNC(=O)C1CCCN(C(=O)CNC(=O)c2ccccn2)C1. The average Bonchev–Trinajstić information content (AvgIpc) is 2.64. The van der Waals surface area contributed by atoms with Crippen LogP contribution in [0.4, 0.5) is 0 Å². The van der Waals surface area contributed by atoms with E-state index >= 15 is 0 Å². The number of carbonyl (C=O) groups excluding carboxylic acids is 3. The van der Waals surface area contributed by atoms with Crippen molar-refractivity contribution in [3.63, 3.8) is 0 Å². The summed E-state index contributed by atoms with van der Waals surface area (Å²) in [7, 11) is 0. The van der Waals surface area contributed by atoms with Crippen molar-refractivity contribution < 1.29 is 14.4 Å². The Kier molecular flexibility index (Phi) is 6.68. The first-order valence-electron chi connectivity index (χ1n) is 8.06. The Morgan fingerprint density at radius 3 is 2.83 bits per heavy atom. The van der Waals surface area contributed by atoms with Gasteiger partial charge in [-0.1, -0.05) is 6.07 Å². The molecule has 1 unspecified atom stereocenters. The lowest BCUT2D eigenvalue weighted by Gasteiger charge is -2.32. The molecule has 0 spiro atoms. The first-order valence-corrected chi connectivity index (χ1v) is 8.06. The van der Waals surface area contributed by atoms with Crippen molar-refractivity contribution in [2.75, 3.05) is 32.7 Å². The van der Waals surface area contributed by atoms with Crippen molar-refractivity contribution >= 4 is 17.7 Å². The number of carbonyl (C=O) groups is 3. The molecule has 1 atom stereocenters. The quantitative estimate of drug-likeness (QED) is 0.625. The van der Waals surface area contributed by atoms with Crippen LogP contribution in [0.2, 0.25) is 0 Å². The molecule has 0 saturated carbocycles. The predicted molar refractivity (Wildman–Crippen MR) is 87.9 cm³/mol. The average molecular weight is 333 g/mol. The first-order chi connectivity index (χ1) is 11.6. The molecule has 0 aromatic carbocycles. The second-order valence-electron chi connectivity index (χ2n) is 5.66. The van der Waals surface area contributed by atoms with Crippen LogP contribution >= 0.6 is 0 Å². The molecule has 1 fully saturated rings. The third kappa shape index (κ3) is 5.02. The lowest BCUT2D eigenvalue weighted by Crippen LogP contribution is -2.48. The van der Waals surface area contributed by atoms with E-state index in [9.17, 15) is 14.4 Å². The summed E-state index contributed by atoms with van der Waals surface area (Å²) in [4.78, 5) is 41.7. The molecule has 1 aromatic heterocycles. The summed E-state index contributed by atoms with van der Waals surface area (Å²) in [6.07, 6.45) is 3.03. The van der Waals surface area contributed by atoms with Crippen LogP contribution in [0, 0.1) is 5.92 Å². The van der Waals surface area contributed by atoms with Gasteiger partial charge in [0.15, 0.2) is 0 Å². The predicted octanol–water partition coefficient (Wildman–Crippen LogP) is -0.875. The highest BCUT2D eigenvalue weighted by molar-refractivity contribution is 5.94. The van der Waals surface area contributed by atoms with Crippen LogP contribution in [0.3, 0.4) is 0 Å². The number of hydrogen-bond donors (Lipinski definition) is 3. The minimum absolute atomic E-state index is 0.0736. The molecule has 1 saturated heterocycles. The molecular formula is C16H23N5O3. The summed E-state index contributed by atoms with van der Waals surface area (Å²) in [6.45, 7) is 1.68. The molecule has 1 aliphatic rings. The molecule has 0 bridgehead atoms. The van der Waals surface area contributed by atoms with Gasteiger partial charge in [-0.3, -0.25) is 19.4 Å². The van der Waals surface area contributed by atoms with E-state index in [-0.39, 0.29) is 30.0 Å². The van der Waals surface area contributed by atoms with Crippen molar-refractivity contribution in [1.29, 1.82) is 0 Å². The monoisotopic (exact) mass is 333 g/mol. The van der Waals surface area contributed by atoms with Gasteiger partial charge in [0.2, 0.25) is 11.8 Å². The minimum atomic E-state index is -0.391. The largest absolute Gasteiger partial charge is 0.355 e. The minimum Gasteiger partial charge on any atom is -0.355 e. The fraction of sp³-hybridized carbons (Fsp3) is 0.500. The molecule has 0 radical (unpaired) electrons. The Balaban J connectivity index is 1.81. The summed E-state index contributed by atoms with van der Waals surface area (Å²) in [5, 5.41) is 5.32. The van der Waals surface area contributed by atoms with Gasteiger partial charge in [-0.05, 0) is 25.0 Å². The second kappa shape index (κ2) is 8.97. The summed E-state index contributed by atoms with van der Waals surface area (Å²) in [6, 6.07) is 5.00. The molecule has 2 heterocycles. The van der Waals surface area contributed by atoms with E-state index in [0.717, 1.165) is 12.8 Å². The Morgan fingerprint density at radius 2 is 2.12 bits per heavy atom. The number of rotatable bonds is 6. The van der Waals surface area contributed by atoms with Gasteiger partial charge in [0.25, 0.3) is 5.91 Å². The van der Waals surface area contributed by atoms with Crippen LogP contribution in [-0.2, 0) is 9.59 Å². The topological polar surface area (TPSA) is 117 Å². The van der Waals surface area contributed by atoms with Gasteiger partial charge in [0.05, 0.1) is 12.5 Å². The summed E-state index contributed by atoms with van der Waals surface area (Å²) in [5.74, 6) is -0.884. The van der Waals surface area contributed by atoms with E-state index in [4.69, 9.17) is 5.73 Å². The zero-order chi connectivity index (χ0) is 17.4. The number of nitrogens with two attached hydrogens (primary N) is 1. The molecule has 1 aromatic rings. The maximum absolute atomic E-state index is 12.3. The van der Waals surface area contributed by atoms with Gasteiger partial charge in [-0.25, -0.2) is 0 Å². The molecule has 1 aliphatic heterocycles. The van der Waals surface area contributed by atoms with Gasteiger partial charge in [0.1, 0.15) is 5.69 Å². The van der Waals surface area contributed by atoms with Crippen molar-refractivity contribution in [2.45, 2.75) is 12.8 Å². The smallest absolute Gasteiger partial charge is 0.270 e. The number of likely N-dealkylation sites (tertiary alicyclic amines) is 1. The van der Waals surface area contributed by atoms with Crippen molar-refractivity contribution in [3.8, 4) is 0 Å². The molecule has 24 heavy (non-hydrogen) atoms. The standard InChI is InChI=1S/C16H23N5O3/c17-6-8-19-15(23)12-4-3-9-21(11-12)14(22)10-20-16(24)13-5-1-2-7-18-13/h1-2,5,7,12H,3-4,6,8-11,17H2,(H,19,23)(H,20,24). The van der Waals surface area contributed by atoms with Crippen LogP contribution in [-0.4, -0.2) is 60.3 Å². The number of piperidine rings is 1. The lowest BCUT2D eigenvalue weighted by atomic mass is 9.97. The number of hydrogen-bond acceptors (Lipinski definition) is 5. The van der Waals surface area contributed by atoms with Gasteiger partial charge in [-0.2, -0.15) is 0 Å². The second-order valence-corrected chi connectivity index (χ2v) is 5.66. The van der Waals surface area contributed by atoms with Crippen LogP contribution in [0.5, 0.6) is 0 Å². The first kappa shape index (κ1) is 17.9. The molecule has 3 amide bonds. The molecule has 130 valence electrons. The van der Waals surface area contributed by atoms with E-state index in [2.05, 4.69) is 15.6 Å². The molecule has 8 heteroatoms. The zero-order valence-electron chi connectivity index (χ0n) is 13.5. The fourth-order valence-electron chi connectivity index (χ4n) is 2.61. The van der Waals surface area contributed by atoms with Crippen molar-refractivity contribution in [2.24, 2.45) is 11.7 Å². The molecular weight excluding hydrogens is 310 g/mol. The Morgan fingerprint density at radius 1 is 1.29 bits per heavy atom. The summed E-state index contributed by atoms with van der Waals surface area (Å²) in [5.41, 5.74) is 5.64. The Bertz CT molecular complexity index is 578. The highest BCUT2D eigenvalue weighted by Crippen LogP contribution is 2.16. The summed E-state index contributed by atoms with van der Waals surface area (Å²) >= 11 is 0. The number of aromatic nitrogens is 1. The molecule has 2 rings (SSSR count). The fourth-order valence-corrected chi connectivity index (χ4v) is 2.61. The van der Waals surface area contributed by atoms with Crippen molar-refractivity contribution in [3.05, 3.63) is 30.1 Å². The number of amides is 3. The number of nitrogens with one attached hydrogen (secondary N) is 2. The highest BCUT2D eigenvalue weighted by atomic mass is 16.2. The molecule has 8 nitrogen and oxygen atoms in total. The van der Waals surface area contributed by atoms with Crippen LogP contribution in [0.15, 0.2) is 24.4 Å². The maximum Gasteiger partial charge on any atom is 0.270 e. The van der Waals surface area contributed by atoms with Gasteiger partial charge >= 0.3 is 0 Å². The van der Waals surface area contributed by atoms with E-state index in [1.54, 1.807) is 23.1 Å². The lowest BCUT2D eigenvalue weighted by molar-refractivity contribution is -0.134. The van der Waals surface area contributed by atoms with Gasteiger partial charge in [0, 0.05) is 32.4 Å². The van der Waals surface area contributed by atoms with Gasteiger partial charge in [-0.15, -0.1) is 0 Å². The van der Waals surface area contributed by atoms with E-state index in [1.807, 2.05) is 0 Å². The van der Waals surface area contributed by atoms with Crippen molar-refractivity contribution in [1.82, 2.24) is 20.5 Å². The highest BCUT2D eigenvalue weighted by Gasteiger charge is 2.28. The third-order valence-electron chi connectivity index (χ3n) is 3.89. The number of pyridine rings is 1. The van der Waals surface area contributed by atoms with Crippen LogP contribution < -0.4 is 16.4 Å². The van der Waals surface area contributed by atoms with E-state index in [0.29, 0.717) is 26.2 Å². The van der Waals surface area contributed by atoms with Crippen LogP contribution in [0.25, 0.3) is 0 Å². The zero-order valence-corrected chi connectivity index (χ0v) is 13.5. The summed E-state index contributed by atoms with van der Waals surface area (Å²) < 4.78 is 0. The Hall–Kier alpha value is -2.48. The molecule has 4 N–H and O–H groups in total. The third-order valence-corrected chi connectivity index (χ3v) is 3.89. The normalized spacial score (nSPS) is 17.2.